The summed E-state index contributed by atoms with van der Waals surface area (Å²) in [4.78, 5) is 2.83. The number of nitrogens with two attached hydrogens (primary N) is 1. The third-order valence-corrected chi connectivity index (χ3v) is 6.56. The van der Waals surface area contributed by atoms with Crippen LogP contribution in [-0.4, -0.2) is 29.6 Å². The molecule has 5 atom stereocenters. The molecule has 0 aromatic carbocycles. The molecular weight excluding hydrogens is 256 g/mol. The van der Waals surface area contributed by atoms with Gasteiger partial charge in [-0.25, -0.2) is 0 Å². The van der Waals surface area contributed by atoms with Crippen LogP contribution in [0.3, 0.4) is 0 Å². The van der Waals surface area contributed by atoms with Gasteiger partial charge in [-0.3, -0.25) is 4.90 Å². The Morgan fingerprint density at radius 3 is 2.57 bits per heavy atom. The zero-order chi connectivity index (χ0) is 15.5. The maximum atomic E-state index is 6.37. The van der Waals surface area contributed by atoms with E-state index in [1.807, 2.05) is 0 Å². The van der Waals surface area contributed by atoms with E-state index < -0.39 is 0 Å². The molecule has 124 valence electrons. The SMILES string of the molecule is CCCC1CCCC(CN)(N2CC(C)CC(C)C2C)CC1. The third kappa shape index (κ3) is 3.82. The van der Waals surface area contributed by atoms with Crippen molar-refractivity contribution in [2.75, 3.05) is 13.1 Å². The lowest BCUT2D eigenvalue weighted by Gasteiger charge is -2.52. The van der Waals surface area contributed by atoms with E-state index in [0.717, 1.165) is 24.3 Å². The van der Waals surface area contributed by atoms with Gasteiger partial charge in [0.2, 0.25) is 0 Å². The summed E-state index contributed by atoms with van der Waals surface area (Å²) in [7, 11) is 0. The normalized spacial score (nSPS) is 42.7. The molecule has 1 aliphatic carbocycles. The summed E-state index contributed by atoms with van der Waals surface area (Å²) >= 11 is 0. The minimum Gasteiger partial charge on any atom is -0.329 e. The van der Waals surface area contributed by atoms with E-state index in [0.29, 0.717) is 11.6 Å². The van der Waals surface area contributed by atoms with Crippen LogP contribution in [0.2, 0.25) is 0 Å². The minimum absolute atomic E-state index is 0.296. The molecule has 0 aromatic heterocycles. The summed E-state index contributed by atoms with van der Waals surface area (Å²) in [5.74, 6) is 2.60. The molecule has 21 heavy (non-hydrogen) atoms. The first kappa shape index (κ1) is 17.3. The molecule has 2 heteroatoms. The molecule has 1 saturated heterocycles. The van der Waals surface area contributed by atoms with Crippen molar-refractivity contribution in [3.63, 3.8) is 0 Å². The standard InChI is InChI=1S/C19H38N2/c1-5-7-18-8-6-10-19(14-20,11-9-18)21-13-15(2)12-16(3)17(21)4/h15-18H,5-14,20H2,1-4H3. The molecular formula is C19H38N2. The van der Waals surface area contributed by atoms with E-state index in [4.69, 9.17) is 5.73 Å². The number of rotatable bonds is 4. The average molecular weight is 295 g/mol. The summed E-state index contributed by atoms with van der Waals surface area (Å²) in [5, 5.41) is 0. The molecule has 0 spiro atoms. The van der Waals surface area contributed by atoms with Crippen molar-refractivity contribution in [2.24, 2.45) is 23.5 Å². The highest BCUT2D eigenvalue weighted by Crippen LogP contribution is 2.41. The van der Waals surface area contributed by atoms with Gasteiger partial charge in [0.05, 0.1) is 0 Å². The highest BCUT2D eigenvalue weighted by molar-refractivity contribution is 4.99. The van der Waals surface area contributed by atoms with Crippen LogP contribution in [0.25, 0.3) is 0 Å². The van der Waals surface area contributed by atoms with Gasteiger partial charge < -0.3 is 5.73 Å². The van der Waals surface area contributed by atoms with Gasteiger partial charge in [-0.2, -0.15) is 0 Å². The number of nitrogens with zero attached hydrogens (tertiary/aromatic N) is 1. The van der Waals surface area contributed by atoms with Crippen molar-refractivity contribution in [3.05, 3.63) is 0 Å². The Kier molecular flexibility index (Phi) is 6.14. The molecule has 2 rings (SSSR count). The first-order valence-electron chi connectivity index (χ1n) is 9.49. The number of hydrogen-bond acceptors (Lipinski definition) is 2. The van der Waals surface area contributed by atoms with Crippen LogP contribution < -0.4 is 5.73 Å². The Morgan fingerprint density at radius 1 is 1.14 bits per heavy atom. The van der Waals surface area contributed by atoms with Crippen LogP contribution in [0.15, 0.2) is 0 Å². The lowest BCUT2D eigenvalue weighted by atomic mass is 9.78. The Bertz CT molecular complexity index is 317. The summed E-state index contributed by atoms with van der Waals surface area (Å²) < 4.78 is 0. The lowest BCUT2D eigenvalue weighted by Crippen LogP contribution is -2.61. The van der Waals surface area contributed by atoms with Gasteiger partial charge in [-0.05, 0) is 50.4 Å². The molecule has 1 saturated carbocycles. The fourth-order valence-electron chi connectivity index (χ4n) is 5.11. The smallest absolute Gasteiger partial charge is 0.0334 e. The molecule has 0 bridgehead atoms. The van der Waals surface area contributed by atoms with Gasteiger partial charge >= 0.3 is 0 Å². The predicted molar refractivity (Wildman–Crippen MR) is 92.4 cm³/mol. The fraction of sp³-hybridized carbons (Fsp3) is 1.00. The van der Waals surface area contributed by atoms with Crippen molar-refractivity contribution >= 4 is 0 Å². The van der Waals surface area contributed by atoms with Crippen molar-refractivity contribution < 1.29 is 0 Å². The first-order valence-corrected chi connectivity index (χ1v) is 9.49. The van der Waals surface area contributed by atoms with E-state index in [9.17, 15) is 0 Å². The van der Waals surface area contributed by atoms with Gasteiger partial charge in [-0.15, -0.1) is 0 Å². The van der Waals surface area contributed by atoms with Crippen molar-refractivity contribution in [3.8, 4) is 0 Å². The number of hydrogen-bond donors (Lipinski definition) is 1. The van der Waals surface area contributed by atoms with Gasteiger partial charge in [0.1, 0.15) is 0 Å². The summed E-state index contributed by atoms with van der Waals surface area (Å²) in [6, 6.07) is 0.701. The molecule has 1 aliphatic heterocycles. The summed E-state index contributed by atoms with van der Waals surface area (Å²) in [6.45, 7) is 11.8. The monoisotopic (exact) mass is 294 g/mol. The fourth-order valence-corrected chi connectivity index (χ4v) is 5.11. The van der Waals surface area contributed by atoms with Gasteiger partial charge in [-0.1, -0.05) is 46.5 Å². The van der Waals surface area contributed by atoms with Crippen molar-refractivity contribution in [2.45, 2.75) is 90.6 Å². The highest BCUT2D eigenvalue weighted by atomic mass is 15.2. The Hall–Kier alpha value is -0.0800. The molecule has 0 radical (unpaired) electrons. The molecule has 2 aliphatic rings. The van der Waals surface area contributed by atoms with E-state index in [2.05, 4.69) is 32.6 Å². The zero-order valence-corrected chi connectivity index (χ0v) is 14.9. The first-order chi connectivity index (χ1) is 10.0. The summed E-state index contributed by atoms with van der Waals surface area (Å²) in [6.07, 6.45) is 11.0. The molecule has 0 aromatic rings. The van der Waals surface area contributed by atoms with E-state index >= 15 is 0 Å². The van der Waals surface area contributed by atoms with Gasteiger partial charge in [0, 0.05) is 24.7 Å². The molecule has 0 amide bonds. The van der Waals surface area contributed by atoms with Crippen LogP contribution in [-0.2, 0) is 0 Å². The highest BCUT2D eigenvalue weighted by Gasteiger charge is 2.43. The van der Waals surface area contributed by atoms with Crippen LogP contribution >= 0.6 is 0 Å². The van der Waals surface area contributed by atoms with Crippen molar-refractivity contribution in [1.82, 2.24) is 4.90 Å². The van der Waals surface area contributed by atoms with E-state index in [1.54, 1.807) is 0 Å². The van der Waals surface area contributed by atoms with Crippen LogP contribution in [0.4, 0.5) is 0 Å². The largest absolute Gasteiger partial charge is 0.329 e. The predicted octanol–water partition coefficient (Wildman–Crippen LogP) is 4.43. The van der Waals surface area contributed by atoms with E-state index in [-0.39, 0.29) is 0 Å². The molecule has 2 N–H and O–H groups in total. The Morgan fingerprint density at radius 2 is 1.90 bits per heavy atom. The number of piperidine rings is 1. The zero-order valence-electron chi connectivity index (χ0n) is 14.9. The maximum Gasteiger partial charge on any atom is 0.0334 e. The summed E-state index contributed by atoms with van der Waals surface area (Å²) in [5.41, 5.74) is 6.67. The van der Waals surface area contributed by atoms with Gasteiger partial charge in [0.25, 0.3) is 0 Å². The quantitative estimate of drug-likeness (QED) is 0.777. The third-order valence-electron chi connectivity index (χ3n) is 6.56. The van der Waals surface area contributed by atoms with E-state index in [1.165, 1.54) is 57.9 Å². The minimum atomic E-state index is 0.296. The molecule has 1 heterocycles. The topological polar surface area (TPSA) is 29.3 Å². The Labute approximate surface area is 132 Å². The molecule has 2 fully saturated rings. The number of likely N-dealkylation sites (tertiary alicyclic amines) is 1. The van der Waals surface area contributed by atoms with Gasteiger partial charge in [0.15, 0.2) is 0 Å². The second-order valence-corrected chi connectivity index (χ2v) is 8.23. The van der Waals surface area contributed by atoms with Crippen molar-refractivity contribution in [1.29, 1.82) is 0 Å². The second-order valence-electron chi connectivity index (χ2n) is 8.23. The molecule has 2 nitrogen and oxygen atoms in total. The Balaban J connectivity index is 2.12. The van der Waals surface area contributed by atoms with Crippen LogP contribution in [0, 0.1) is 17.8 Å². The lowest BCUT2D eigenvalue weighted by molar-refractivity contribution is -0.0247. The van der Waals surface area contributed by atoms with Crippen LogP contribution in [0.1, 0.15) is 79.1 Å². The average Bonchev–Trinajstić information content (AvgIpc) is 2.67. The second kappa shape index (κ2) is 7.46. The van der Waals surface area contributed by atoms with Crippen LogP contribution in [0.5, 0.6) is 0 Å². The molecule has 5 unspecified atom stereocenters. The maximum absolute atomic E-state index is 6.37.